The van der Waals surface area contributed by atoms with E-state index in [4.69, 9.17) is 5.11 Å². The lowest BCUT2D eigenvalue weighted by atomic mass is 9.97. The molecule has 0 fully saturated rings. The number of hydrogen-bond acceptors (Lipinski definition) is 3. The lowest BCUT2D eigenvalue weighted by Gasteiger charge is -2.20. The van der Waals surface area contributed by atoms with Gasteiger partial charge in [0.15, 0.2) is 0 Å². The van der Waals surface area contributed by atoms with Gasteiger partial charge in [-0.15, -0.1) is 0 Å². The molecule has 1 rings (SSSR count). The molecule has 2 amide bonds. The zero-order valence-electron chi connectivity index (χ0n) is 12.1. The maximum absolute atomic E-state index is 11.9. The van der Waals surface area contributed by atoms with Crippen LogP contribution in [0.1, 0.15) is 25.8 Å². The highest BCUT2D eigenvalue weighted by Gasteiger charge is 2.20. The van der Waals surface area contributed by atoms with E-state index in [0.29, 0.717) is 13.0 Å². The van der Waals surface area contributed by atoms with Crippen LogP contribution in [-0.4, -0.2) is 35.6 Å². The number of carbonyl (C=O) groups excluding carboxylic acids is 1. The number of carboxylic acids is 1. The minimum Gasteiger partial charge on any atom is -0.481 e. The number of thiophene rings is 1. The van der Waals surface area contributed by atoms with Crippen molar-refractivity contribution < 1.29 is 14.7 Å². The summed E-state index contributed by atoms with van der Waals surface area (Å²) in [6.07, 6.45) is 0.559. The van der Waals surface area contributed by atoms with E-state index in [1.54, 1.807) is 23.3 Å². The average molecular weight is 298 g/mol. The Morgan fingerprint density at radius 1 is 1.45 bits per heavy atom. The fraction of sp³-hybridized carbons (Fsp3) is 0.571. The van der Waals surface area contributed by atoms with Crippen LogP contribution in [-0.2, 0) is 11.3 Å². The van der Waals surface area contributed by atoms with E-state index < -0.39 is 11.9 Å². The maximum Gasteiger partial charge on any atom is 0.317 e. The Labute approximate surface area is 123 Å². The van der Waals surface area contributed by atoms with Gasteiger partial charge in [-0.2, -0.15) is 11.3 Å². The SMILES string of the molecule is CC(C)CC(CNC(=O)N(C)Cc1ccsc1)C(=O)O. The molecule has 1 unspecified atom stereocenters. The highest BCUT2D eigenvalue weighted by Crippen LogP contribution is 2.12. The summed E-state index contributed by atoms with van der Waals surface area (Å²) in [5, 5.41) is 15.8. The topological polar surface area (TPSA) is 69.6 Å². The van der Waals surface area contributed by atoms with E-state index in [1.807, 2.05) is 30.7 Å². The molecule has 0 bridgehead atoms. The van der Waals surface area contributed by atoms with Crippen molar-refractivity contribution in [1.82, 2.24) is 10.2 Å². The molecular weight excluding hydrogens is 276 g/mol. The number of carboxylic acid groups (broad SMARTS) is 1. The quantitative estimate of drug-likeness (QED) is 0.813. The highest BCUT2D eigenvalue weighted by atomic mass is 32.1. The Morgan fingerprint density at radius 3 is 2.65 bits per heavy atom. The summed E-state index contributed by atoms with van der Waals surface area (Å²) in [6, 6.07) is 1.72. The molecule has 1 atom stereocenters. The van der Waals surface area contributed by atoms with E-state index in [0.717, 1.165) is 5.56 Å². The van der Waals surface area contributed by atoms with Crippen molar-refractivity contribution in [2.75, 3.05) is 13.6 Å². The molecule has 0 radical (unpaired) electrons. The first-order valence-electron chi connectivity index (χ1n) is 6.63. The van der Waals surface area contributed by atoms with Gasteiger partial charge in [-0.05, 0) is 34.7 Å². The van der Waals surface area contributed by atoms with E-state index in [1.165, 1.54) is 0 Å². The van der Waals surface area contributed by atoms with Gasteiger partial charge in [0, 0.05) is 20.1 Å². The zero-order valence-corrected chi connectivity index (χ0v) is 12.9. The van der Waals surface area contributed by atoms with Crippen molar-refractivity contribution in [3.63, 3.8) is 0 Å². The number of rotatable bonds is 7. The summed E-state index contributed by atoms with van der Waals surface area (Å²) in [4.78, 5) is 24.6. The van der Waals surface area contributed by atoms with Crippen molar-refractivity contribution in [2.24, 2.45) is 11.8 Å². The second-order valence-electron chi connectivity index (χ2n) is 5.34. The Kier molecular flexibility index (Phi) is 6.51. The fourth-order valence-corrected chi connectivity index (χ4v) is 2.57. The Balaban J connectivity index is 2.42. The maximum atomic E-state index is 11.9. The van der Waals surface area contributed by atoms with Crippen molar-refractivity contribution in [3.8, 4) is 0 Å². The molecule has 1 aromatic rings. The third-order valence-corrected chi connectivity index (χ3v) is 3.68. The molecule has 0 saturated heterocycles. The van der Waals surface area contributed by atoms with Crippen LogP contribution in [0, 0.1) is 11.8 Å². The summed E-state index contributed by atoms with van der Waals surface area (Å²) in [5.74, 6) is -1.11. The lowest BCUT2D eigenvalue weighted by Crippen LogP contribution is -2.40. The summed E-state index contributed by atoms with van der Waals surface area (Å²) in [6.45, 7) is 4.64. The number of amides is 2. The fourth-order valence-electron chi connectivity index (χ4n) is 1.91. The first-order valence-corrected chi connectivity index (χ1v) is 7.57. The van der Waals surface area contributed by atoms with Gasteiger partial charge < -0.3 is 15.3 Å². The number of aliphatic carboxylic acids is 1. The highest BCUT2D eigenvalue weighted by molar-refractivity contribution is 7.07. The van der Waals surface area contributed by atoms with Gasteiger partial charge in [-0.25, -0.2) is 4.79 Å². The molecular formula is C14H22N2O3S. The standard InChI is InChI=1S/C14H22N2O3S/c1-10(2)6-12(13(17)18)7-15-14(19)16(3)8-11-4-5-20-9-11/h4-5,9-10,12H,6-8H2,1-3H3,(H,15,19)(H,17,18). The van der Waals surface area contributed by atoms with Gasteiger partial charge in [-0.1, -0.05) is 13.8 Å². The average Bonchev–Trinajstić information content (AvgIpc) is 2.85. The first kappa shape index (κ1) is 16.5. The van der Waals surface area contributed by atoms with Gasteiger partial charge in [-0.3, -0.25) is 4.79 Å². The molecule has 6 heteroatoms. The van der Waals surface area contributed by atoms with Crippen LogP contribution in [0.3, 0.4) is 0 Å². The third-order valence-electron chi connectivity index (χ3n) is 2.95. The Bertz CT molecular complexity index is 432. The van der Waals surface area contributed by atoms with Crippen LogP contribution < -0.4 is 5.32 Å². The predicted molar refractivity (Wildman–Crippen MR) is 79.8 cm³/mol. The predicted octanol–water partition coefficient (Wildman–Crippen LogP) is 2.64. The summed E-state index contributed by atoms with van der Waals surface area (Å²) < 4.78 is 0. The molecule has 0 aromatic carbocycles. The van der Waals surface area contributed by atoms with Crippen LogP contribution in [0.15, 0.2) is 16.8 Å². The number of nitrogens with one attached hydrogen (secondary N) is 1. The van der Waals surface area contributed by atoms with Crippen molar-refractivity contribution in [2.45, 2.75) is 26.8 Å². The normalized spacial score (nSPS) is 12.2. The Morgan fingerprint density at radius 2 is 2.15 bits per heavy atom. The molecule has 0 aliphatic heterocycles. The number of hydrogen-bond donors (Lipinski definition) is 2. The summed E-state index contributed by atoms with van der Waals surface area (Å²) in [5.41, 5.74) is 1.07. The number of nitrogens with zero attached hydrogens (tertiary/aromatic N) is 1. The van der Waals surface area contributed by atoms with Gasteiger partial charge in [0.25, 0.3) is 0 Å². The molecule has 20 heavy (non-hydrogen) atoms. The minimum absolute atomic E-state index is 0.167. The van der Waals surface area contributed by atoms with Crippen LogP contribution in [0.5, 0.6) is 0 Å². The molecule has 0 saturated carbocycles. The molecule has 2 N–H and O–H groups in total. The minimum atomic E-state index is -0.862. The smallest absolute Gasteiger partial charge is 0.317 e. The van der Waals surface area contributed by atoms with Crippen LogP contribution >= 0.6 is 11.3 Å². The van der Waals surface area contributed by atoms with Crippen molar-refractivity contribution in [1.29, 1.82) is 0 Å². The van der Waals surface area contributed by atoms with E-state index >= 15 is 0 Å². The van der Waals surface area contributed by atoms with E-state index in [2.05, 4.69) is 5.32 Å². The van der Waals surface area contributed by atoms with Gasteiger partial charge >= 0.3 is 12.0 Å². The zero-order chi connectivity index (χ0) is 15.1. The van der Waals surface area contributed by atoms with Crippen LogP contribution in [0.25, 0.3) is 0 Å². The Hall–Kier alpha value is -1.56. The second-order valence-corrected chi connectivity index (χ2v) is 6.12. The summed E-state index contributed by atoms with van der Waals surface area (Å²) in [7, 11) is 1.70. The molecule has 0 aliphatic rings. The van der Waals surface area contributed by atoms with Crippen molar-refractivity contribution in [3.05, 3.63) is 22.4 Å². The number of urea groups is 1. The van der Waals surface area contributed by atoms with Crippen LogP contribution in [0.2, 0.25) is 0 Å². The molecule has 112 valence electrons. The molecule has 0 aliphatic carbocycles. The molecule has 5 nitrogen and oxygen atoms in total. The summed E-state index contributed by atoms with van der Waals surface area (Å²) >= 11 is 1.59. The van der Waals surface area contributed by atoms with E-state index in [9.17, 15) is 9.59 Å². The molecule has 0 spiro atoms. The largest absolute Gasteiger partial charge is 0.481 e. The van der Waals surface area contributed by atoms with Crippen LogP contribution in [0.4, 0.5) is 4.79 Å². The second kappa shape index (κ2) is 7.89. The third kappa shape index (κ3) is 5.61. The van der Waals surface area contributed by atoms with Crippen molar-refractivity contribution >= 4 is 23.3 Å². The van der Waals surface area contributed by atoms with Gasteiger partial charge in [0.05, 0.1) is 5.92 Å². The van der Waals surface area contributed by atoms with Gasteiger partial charge in [0.1, 0.15) is 0 Å². The molecule has 1 heterocycles. The van der Waals surface area contributed by atoms with E-state index in [-0.39, 0.29) is 18.5 Å². The molecule has 1 aromatic heterocycles. The first-order chi connectivity index (χ1) is 9.40. The monoisotopic (exact) mass is 298 g/mol. The number of carbonyl (C=O) groups is 2. The lowest BCUT2D eigenvalue weighted by molar-refractivity contribution is -0.142. The van der Waals surface area contributed by atoms with Gasteiger partial charge in [0.2, 0.25) is 0 Å².